The molecule has 0 spiro atoms. The van der Waals surface area contributed by atoms with Gasteiger partial charge in [-0.15, -0.1) is 0 Å². The van der Waals surface area contributed by atoms with Gasteiger partial charge in [-0.3, -0.25) is 4.72 Å². The highest BCUT2D eigenvalue weighted by atomic mass is 32.2. The highest BCUT2D eigenvalue weighted by Gasteiger charge is 2.24. The molecule has 23 heavy (non-hydrogen) atoms. The molecular formula is C16H20N2O4S. The van der Waals surface area contributed by atoms with Crippen LogP contribution in [0.2, 0.25) is 0 Å². The van der Waals surface area contributed by atoms with Crippen molar-refractivity contribution in [3.05, 3.63) is 46.8 Å². The Kier molecular flexibility index (Phi) is 4.51. The number of carbonyl (C=O) groups excluding carboxylic acids is 1. The van der Waals surface area contributed by atoms with Gasteiger partial charge >= 0.3 is 5.97 Å². The lowest BCUT2D eigenvalue weighted by Gasteiger charge is -2.10. The molecule has 0 aliphatic rings. The molecule has 6 nitrogen and oxygen atoms in total. The van der Waals surface area contributed by atoms with Crippen LogP contribution in [0.1, 0.15) is 27.3 Å². The molecule has 7 heteroatoms. The van der Waals surface area contributed by atoms with Crippen LogP contribution in [0, 0.1) is 20.8 Å². The number of benzene rings is 1. The first-order valence-electron chi connectivity index (χ1n) is 7.02. The lowest BCUT2D eigenvalue weighted by molar-refractivity contribution is 0.0589. The molecule has 1 N–H and O–H groups in total. The molecule has 0 radical (unpaired) electrons. The van der Waals surface area contributed by atoms with E-state index in [-0.39, 0.29) is 10.6 Å². The van der Waals surface area contributed by atoms with Gasteiger partial charge in [-0.05, 0) is 50.1 Å². The normalized spacial score (nSPS) is 11.3. The summed E-state index contributed by atoms with van der Waals surface area (Å²) in [5.74, 6) is -0.580. The maximum Gasteiger partial charge on any atom is 0.354 e. The van der Waals surface area contributed by atoms with Crippen LogP contribution in [0.5, 0.6) is 0 Å². The van der Waals surface area contributed by atoms with Crippen molar-refractivity contribution in [3.8, 4) is 0 Å². The Morgan fingerprint density at radius 1 is 1.13 bits per heavy atom. The fourth-order valence-electron chi connectivity index (χ4n) is 2.26. The van der Waals surface area contributed by atoms with Crippen molar-refractivity contribution in [3.63, 3.8) is 0 Å². The number of anilines is 1. The number of nitrogens with zero attached hydrogens (tertiary/aromatic N) is 1. The zero-order valence-corrected chi connectivity index (χ0v) is 14.6. The summed E-state index contributed by atoms with van der Waals surface area (Å²) in [6, 6.07) is 6.65. The fraction of sp³-hybridized carbons (Fsp3) is 0.312. The molecule has 0 amide bonds. The summed E-state index contributed by atoms with van der Waals surface area (Å²) in [7, 11) is -0.918. The third-order valence-electron chi connectivity index (χ3n) is 3.93. The molecule has 1 heterocycles. The van der Waals surface area contributed by atoms with Crippen molar-refractivity contribution >= 4 is 21.7 Å². The van der Waals surface area contributed by atoms with Crippen molar-refractivity contribution in [1.29, 1.82) is 0 Å². The van der Waals surface area contributed by atoms with E-state index in [4.69, 9.17) is 0 Å². The molecule has 0 aliphatic heterocycles. The van der Waals surface area contributed by atoms with Gasteiger partial charge in [-0.25, -0.2) is 13.2 Å². The van der Waals surface area contributed by atoms with Crippen LogP contribution < -0.4 is 4.72 Å². The molecule has 1 aromatic heterocycles. The Hall–Kier alpha value is -2.28. The van der Waals surface area contributed by atoms with Gasteiger partial charge in [0.15, 0.2) is 0 Å². The molecule has 0 unspecified atom stereocenters. The molecule has 0 bridgehead atoms. The van der Waals surface area contributed by atoms with Gasteiger partial charge in [0, 0.05) is 18.4 Å². The van der Waals surface area contributed by atoms with E-state index in [0.717, 1.165) is 11.1 Å². The maximum atomic E-state index is 12.6. The Labute approximate surface area is 136 Å². The molecule has 0 saturated heterocycles. The lowest BCUT2D eigenvalue weighted by atomic mass is 10.1. The fourth-order valence-corrected chi connectivity index (χ4v) is 3.60. The lowest BCUT2D eigenvalue weighted by Crippen LogP contribution is -2.14. The van der Waals surface area contributed by atoms with E-state index in [1.54, 1.807) is 26.1 Å². The number of rotatable bonds is 4. The van der Waals surface area contributed by atoms with E-state index in [2.05, 4.69) is 9.46 Å². The highest BCUT2D eigenvalue weighted by Crippen LogP contribution is 2.24. The number of nitrogens with one attached hydrogen (secondary N) is 1. The Morgan fingerprint density at radius 2 is 1.78 bits per heavy atom. The third kappa shape index (κ3) is 3.24. The number of hydrogen-bond donors (Lipinski definition) is 1. The molecule has 0 fully saturated rings. The molecular weight excluding hydrogens is 316 g/mol. The summed E-state index contributed by atoms with van der Waals surface area (Å²) >= 11 is 0. The third-order valence-corrected chi connectivity index (χ3v) is 5.43. The topological polar surface area (TPSA) is 77.4 Å². The molecule has 0 aliphatic carbocycles. The first kappa shape index (κ1) is 17.1. The minimum absolute atomic E-state index is 0.0543. The number of sulfonamides is 1. The summed E-state index contributed by atoms with van der Waals surface area (Å²) in [6.45, 7) is 5.51. The number of carbonyl (C=O) groups is 1. The van der Waals surface area contributed by atoms with E-state index in [1.807, 2.05) is 19.9 Å². The largest absolute Gasteiger partial charge is 0.464 e. The standard InChI is InChI=1S/C16H20N2O4S/c1-10-6-7-13(8-11(10)2)17-23(20,21)15-9-14(16(19)22-5)18(4)12(15)3/h6-9,17H,1-5H3. The predicted molar refractivity (Wildman–Crippen MR) is 88.2 cm³/mol. The van der Waals surface area contributed by atoms with Crippen LogP contribution in [-0.2, 0) is 21.8 Å². The second-order valence-electron chi connectivity index (χ2n) is 5.43. The van der Waals surface area contributed by atoms with Crippen LogP contribution >= 0.6 is 0 Å². The molecule has 2 rings (SSSR count). The molecule has 124 valence electrons. The summed E-state index contributed by atoms with van der Waals surface area (Å²) in [5.41, 5.74) is 3.20. The number of esters is 1. The number of hydrogen-bond acceptors (Lipinski definition) is 4. The van der Waals surface area contributed by atoms with Gasteiger partial charge in [0.25, 0.3) is 10.0 Å². The maximum absolute atomic E-state index is 12.6. The SMILES string of the molecule is COC(=O)c1cc(S(=O)(=O)Nc2ccc(C)c(C)c2)c(C)n1C. The Morgan fingerprint density at radius 3 is 2.35 bits per heavy atom. The summed E-state index contributed by atoms with van der Waals surface area (Å²) < 4.78 is 34.0. The summed E-state index contributed by atoms with van der Waals surface area (Å²) in [6.07, 6.45) is 0. The van der Waals surface area contributed by atoms with Gasteiger partial charge in [0.1, 0.15) is 10.6 Å². The number of aromatic nitrogens is 1. The van der Waals surface area contributed by atoms with E-state index in [1.165, 1.54) is 17.7 Å². The molecule has 1 aromatic carbocycles. The minimum Gasteiger partial charge on any atom is -0.464 e. The second kappa shape index (κ2) is 6.08. The average Bonchev–Trinajstić information content (AvgIpc) is 2.79. The van der Waals surface area contributed by atoms with Gasteiger partial charge in [0.05, 0.1) is 7.11 Å². The minimum atomic E-state index is -3.80. The van der Waals surface area contributed by atoms with E-state index in [9.17, 15) is 13.2 Å². The average molecular weight is 336 g/mol. The van der Waals surface area contributed by atoms with E-state index >= 15 is 0 Å². The van der Waals surface area contributed by atoms with Crippen molar-refractivity contribution in [2.24, 2.45) is 7.05 Å². The van der Waals surface area contributed by atoms with Crippen molar-refractivity contribution in [1.82, 2.24) is 4.57 Å². The zero-order chi connectivity index (χ0) is 17.4. The zero-order valence-electron chi connectivity index (χ0n) is 13.8. The van der Waals surface area contributed by atoms with E-state index in [0.29, 0.717) is 11.4 Å². The molecule has 0 atom stereocenters. The van der Waals surface area contributed by atoms with Gasteiger partial charge in [-0.2, -0.15) is 0 Å². The van der Waals surface area contributed by atoms with Crippen LogP contribution in [0.15, 0.2) is 29.2 Å². The van der Waals surface area contributed by atoms with E-state index < -0.39 is 16.0 Å². The highest BCUT2D eigenvalue weighted by molar-refractivity contribution is 7.92. The van der Waals surface area contributed by atoms with Crippen LogP contribution in [-0.4, -0.2) is 26.1 Å². The van der Waals surface area contributed by atoms with Crippen LogP contribution in [0.25, 0.3) is 0 Å². The van der Waals surface area contributed by atoms with Gasteiger partial charge in [0.2, 0.25) is 0 Å². The second-order valence-corrected chi connectivity index (χ2v) is 7.09. The van der Waals surface area contributed by atoms with Crippen LogP contribution in [0.3, 0.4) is 0 Å². The molecule has 0 saturated carbocycles. The predicted octanol–water partition coefficient (Wildman–Crippen LogP) is 2.54. The Bertz CT molecular complexity index is 866. The first-order chi connectivity index (χ1) is 10.7. The number of ether oxygens (including phenoxy) is 1. The number of methoxy groups -OCH3 is 1. The van der Waals surface area contributed by atoms with Gasteiger partial charge < -0.3 is 9.30 Å². The van der Waals surface area contributed by atoms with Crippen molar-refractivity contribution < 1.29 is 17.9 Å². The van der Waals surface area contributed by atoms with Crippen LogP contribution in [0.4, 0.5) is 5.69 Å². The summed E-state index contributed by atoms with van der Waals surface area (Å²) in [4.78, 5) is 11.8. The number of aryl methyl sites for hydroxylation is 2. The van der Waals surface area contributed by atoms with Crippen molar-refractivity contribution in [2.75, 3.05) is 11.8 Å². The smallest absolute Gasteiger partial charge is 0.354 e. The monoisotopic (exact) mass is 336 g/mol. The van der Waals surface area contributed by atoms with Crippen molar-refractivity contribution in [2.45, 2.75) is 25.7 Å². The quantitative estimate of drug-likeness (QED) is 0.871. The first-order valence-corrected chi connectivity index (χ1v) is 8.50. The Balaban J connectivity index is 2.44. The van der Waals surface area contributed by atoms with Gasteiger partial charge in [-0.1, -0.05) is 6.07 Å². The summed E-state index contributed by atoms with van der Waals surface area (Å²) in [5, 5.41) is 0. The molecule has 2 aromatic rings.